The first-order chi connectivity index (χ1) is 12.5. The van der Waals surface area contributed by atoms with Gasteiger partial charge >= 0.3 is 0 Å². The summed E-state index contributed by atoms with van der Waals surface area (Å²) in [5, 5.41) is 10.2. The number of aryl methyl sites for hydroxylation is 1. The van der Waals surface area contributed by atoms with Crippen molar-refractivity contribution in [1.29, 1.82) is 0 Å². The molecule has 0 radical (unpaired) electrons. The van der Waals surface area contributed by atoms with Crippen molar-refractivity contribution in [3.8, 4) is 11.4 Å². The number of aromatic nitrogens is 3. The van der Waals surface area contributed by atoms with Gasteiger partial charge in [0.1, 0.15) is 0 Å². The van der Waals surface area contributed by atoms with Crippen LogP contribution in [0.3, 0.4) is 0 Å². The molecule has 0 aliphatic rings. The summed E-state index contributed by atoms with van der Waals surface area (Å²) in [5.74, 6) is 0.734. The van der Waals surface area contributed by atoms with E-state index in [1.54, 1.807) is 0 Å². The molecule has 0 saturated carbocycles. The number of amides is 1. The number of nitrogens with zero attached hydrogens (tertiary/aromatic N) is 2. The summed E-state index contributed by atoms with van der Waals surface area (Å²) in [6, 6.07) is 18.0. The van der Waals surface area contributed by atoms with Gasteiger partial charge in [0, 0.05) is 18.5 Å². The van der Waals surface area contributed by atoms with Crippen LogP contribution in [0.4, 0.5) is 0 Å². The van der Waals surface area contributed by atoms with E-state index in [0.29, 0.717) is 17.7 Å². The largest absolute Gasteiger partial charge is 0.350 e. The van der Waals surface area contributed by atoms with Crippen LogP contribution >= 0.6 is 12.2 Å². The average Bonchev–Trinajstić information content (AvgIpc) is 3.02. The van der Waals surface area contributed by atoms with Crippen molar-refractivity contribution >= 4 is 18.1 Å². The number of aromatic amines is 1. The molecule has 1 aromatic heterocycles. The van der Waals surface area contributed by atoms with Crippen LogP contribution in [0.5, 0.6) is 0 Å². The lowest BCUT2D eigenvalue weighted by molar-refractivity contribution is -0.121. The van der Waals surface area contributed by atoms with Crippen molar-refractivity contribution in [1.82, 2.24) is 20.1 Å². The third-order valence-electron chi connectivity index (χ3n) is 4.31. The number of benzene rings is 2. The van der Waals surface area contributed by atoms with Crippen LogP contribution in [0.2, 0.25) is 0 Å². The Balaban J connectivity index is 1.66. The molecule has 6 heteroatoms. The van der Waals surface area contributed by atoms with Gasteiger partial charge in [0.15, 0.2) is 10.6 Å². The van der Waals surface area contributed by atoms with Gasteiger partial charge in [-0.15, -0.1) is 0 Å². The molecule has 0 fully saturated rings. The Kier molecular flexibility index (Phi) is 5.63. The molecule has 0 aliphatic carbocycles. The monoisotopic (exact) mass is 366 g/mol. The Hall–Kier alpha value is -2.73. The summed E-state index contributed by atoms with van der Waals surface area (Å²) >= 11 is 5.33. The lowest BCUT2D eigenvalue weighted by Gasteiger charge is -2.14. The molecule has 0 unspecified atom stereocenters. The molecule has 1 amide bonds. The maximum absolute atomic E-state index is 12.3. The van der Waals surface area contributed by atoms with Gasteiger partial charge in [-0.25, -0.2) is 0 Å². The molecule has 1 atom stereocenters. The molecule has 1 heterocycles. The zero-order chi connectivity index (χ0) is 18.5. The van der Waals surface area contributed by atoms with E-state index in [1.165, 1.54) is 5.56 Å². The van der Waals surface area contributed by atoms with Gasteiger partial charge < -0.3 is 5.32 Å². The number of carbonyl (C=O) groups is 1. The summed E-state index contributed by atoms with van der Waals surface area (Å²) in [5.41, 5.74) is 3.24. The smallest absolute Gasteiger partial charge is 0.222 e. The van der Waals surface area contributed by atoms with Crippen molar-refractivity contribution < 1.29 is 4.79 Å². The lowest BCUT2D eigenvalue weighted by atomic mass is 10.1. The Morgan fingerprint density at radius 1 is 1.19 bits per heavy atom. The first-order valence-electron chi connectivity index (χ1n) is 8.61. The van der Waals surface area contributed by atoms with Gasteiger partial charge in [-0.2, -0.15) is 5.10 Å². The van der Waals surface area contributed by atoms with Crippen molar-refractivity contribution in [2.24, 2.45) is 0 Å². The van der Waals surface area contributed by atoms with Crippen molar-refractivity contribution in [3.63, 3.8) is 0 Å². The summed E-state index contributed by atoms with van der Waals surface area (Å²) in [4.78, 5) is 12.3. The van der Waals surface area contributed by atoms with Gasteiger partial charge in [0.2, 0.25) is 5.91 Å². The Morgan fingerprint density at radius 2 is 1.88 bits per heavy atom. The highest BCUT2D eigenvalue weighted by Crippen LogP contribution is 2.18. The quantitative estimate of drug-likeness (QED) is 0.643. The molecule has 134 valence electrons. The van der Waals surface area contributed by atoms with Crippen LogP contribution in [0.1, 0.15) is 30.5 Å². The highest BCUT2D eigenvalue weighted by molar-refractivity contribution is 7.71. The van der Waals surface area contributed by atoms with Crippen LogP contribution in [0.25, 0.3) is 11.4 Å². The maximum Gasteiger partial charge on any atom is 0.222 e. The minimum Gasteiger partial charge on any atom is -0.350 e. The molecule has 0 saturated heterocycles. The fourth-order valence-corrected chi connectivity index (χ4v) is 3.02. The molecular formula is C20H22N4OS. The second-order valence-electron chi connectivity index (χ2n) is 6.32. The highest BCUT2D eigenvalue weighted by atomic mass is 32.1. The first kappa shape index (κ1) is 18.1. The normalized spacial score (nSPS) is 11.9. The standard InChI is InChI=1S/C20H22N4OS/c1-14-8-10-17(11-9-14)19-22-23-20(26)24(19)13-12-18(25)21-15(2)16-6-4-3-5-7-16/h3-11,15H,12-13H2,1-2H3,(H,21,25)(H,23,26)/t15-/m1/s1. The molecule has 2 aromatic carbocycles. The fourth-order valence-electron chi connectivity index (χ4n) is 2.80. The van der Waals surface area contributed by atoms with Gasteiger partial charge in [-0.05, 0) is 31.6 Å². The van der Waals surface area contributed by atoms with E-state index < -0.39 is 0 Å². The van der Waals surface area contributed by atoms with Crippen LogP contribution < -0.4 is 5.32 Å². The molecule has 0 aliphatic heterocycles. The van der Waals surface area contributed by atoms with E-state index in [1.807, 2.05) is 73.0 Å². The van der Waals surface area contributed by atoms with E-state index in [4.69, 9.17) is 12.2 Å². The SMILES string of the molecule is Cc1ccc(-c2n[nH]c(=S)n2CCC(=O)N[C@H](C)c2ccccc2)cc1. The zero-order valence-electron chi connectivity index (χ0n) is 14.9. The van der Waals surface area contributed by atoms with Crippen LogP contribution in [-0.4, -0.2) is 20.7 Å². The minimum atomic E-state index is -0.0300. The fraction of sp³-hybridized carbons (Fsp3) is 0.250. The molecule has 2 N–H and O–H groups in total. The van der Waals surface area contributed by atoms with Crippen molar-refractivity contribution in [2.45, 2.75) is 32.9 Å². The van der Waals surface area contributed by atoms with Crippen LogP contribution in [-0.2, 0) is 11.3 Å². The minimum absolute atomic E-state index is 0.0145. The molecule has 3 aromatic rings. The summed E-state index contributed by atoms with van der Waals surface area (Å²) in [6.45, 7) is 4.50. The Labute approximate surface area is 158 Å². The third kappa shape index (κ3) is 4.26. The average molecular weight is 366 g/mol. The van der Waals surface area contributed by atoms with E-state index in [2.05, 4.69) is 15.5 Å². The molecular weight excluding hydrogens is 344 g/mol. The summed E-state index contributed by atoms with van der Waals surface area (Å²) in [7, 11) is 0. The Bertz CT molecular complexity index is 928. The number of hydrogen-bond acceptors (Lipinski definition) is 3. The van der Waals surface area contributed by atoms with Crippen LogP contribution in [0.15, 0.2) is 54.6 Å². The number of carbonyl (C=O) groups excluding carboxylic acids is 1. The van der Waals surface area contributed by atoms with Gasteiger partial charge in [0.25, 0.3) is 0 Å². The Morgan fingerprint density at radius 3 is 2.58 bits per heavy atom. The summed E-state index contributed by atoms with van der Waals surface area (Å²) < 4.78 is 2.39. The number of H-pyrrole nitrogens is 1. The molecule has 26 heavy (non-hydrogen) atoms. The topological polar surface area (TPSA) is 62.7 Å². The predicted octanol–water partition coefficient (Wildman–Crippen LogP) is 4.18. The van der Waals surface area contributed by atoms with Crippen LogP contribution in [0, 0.1) is 11.7 Å². The molecule has 3 rings (SSSR count). The zero-order valence-corrected chi connectivity index (χ0v) is 15.7. The van der Waals surface area contributed by atoms with E-state index in [0.717, 1.165) is 17.0 Å². The number of nitrogens with one attached hydrogen (secondary N) is 2. The van der Waals surface area contributed by atoms with E-state index in [9.17, 15) is 4.79 Å². The van der Waals surface area contributed by atoms with Crippen molar-refractivity contribution in [2.75, 3.05) is 0 Å². The highest BCUT2D eigenvalue weighted by Gasteiger charge is 2.12. The molecule has 0 spiro atoms. The van der Waals surface area contributed by atoms with E-state index in [-0.39, 0.29) is 11.9 Å². The first-order valence-corrected chi connectivity index (χ1v) is 9.02. The van der Waals surface area contributed by atoms with Gasteiger partial charge in [-0.3, -0.25) is 14.5 Å². The van der Waals surface area contributed by atoms with E-state index >= 15 is 0 Å². The maximum atomic E-state index is 12.3. The number of rotatable bonds is 6. The van der Waals surface area contributed by atoms with Crippen molar-refractivity contribution in [3.05, 3.63) is 70.5 Å². The van der Waals surface area contributed by atoms with Gasteiger partial charge in [-0.1, -0.05) is 60.2 Å². The number of hydrogen-bond donors (Lipinski definition) is 2. The van der Waals surface area contributed by atoms with Gasteiger partial charge in [0.05, 0.1) is 6.04 Å². The molecule has 0 bridgehead atoms. The molecule has 5 nitrogen and oxygen atoms in total. The third-order valence-corrected chi connectivity index (χ3v) is 4.62. The second kappa shape index (κ2) is 8.10. The summed E-state index contributed by atoms with van der Waals surface area (Å²) in [6.07, 6.45) is 0.337. The predicted molar refractivity (Wildman–Crippen MR) is 105 cm³/mol. The second-order valence-corrected chi connectivity index (χ2v) is 6.71. The lowest BCUT2D eigenvalue weighted by Crippen LogP contribution is -2.27.